The molecule has 0 saturated heterocycles. The predicted octanol–water partition coefficient (Wildman–Crippen LogP) is 0.445. The Hall–Kier alpha value is -1.94. The summed E-state index contributed by atoms with van der Waals surface area (Å²) in [6.45, 7) is 8.74. The summed E-state index contributed by atoms with van der Waals surface area (Å²) in [5.74, 6) is 0. The van der Waals surface area contributed by atoms with Crippen LogP contribution in [0.1, 0.15) is 39.0 Å². The van der Waals surface area contributed by atoms with Crippen molar-refractivity contribution in [2.45, 2.75) is 57.5 Å². The lowest BCUT2D eigenvalue weighted by Gasteiger charge is -2.30. The molecule has 0 spiro atoms. The highest BCUT2D eigenvalue weighted by molar-refractivity contribution is 7.90. The van der Waals surface area contributed by atoms with Crippen LogP contribution in [0.15, 0.2) is 9.95 Å². The van der Waals surface area contributed by atoms with E-state index in [1.54, 1.807) is 20.8 Å². The van der Waals surface area contributed by atoms with E-state index in [-0.39, 0.29) is 11.2 Å². The molecule has 1 aromatic rings. The highest BCUT2D eigenvalue weighted by Crippen LogP contribution is 2.15. The Balaban J connectivity index is 2.02. The molecule has 1 aliphatic rings. The molecule has 9 nitrogen and oxygen atoms in total. The molecule has 0 radical (unpaired) electrons. The number of alkyl carbamates (subject to hydrolysis) is 1. The number of hydrogen-bond donors (Lipinski definition) is 2. The van der Waals surface area contributed by atoms with Crippen LogP contribution in [-0.4, -0.2) is 60.4 Å². The zero-order chi connectivity index (χ0) is 19.7. The lowest BCUT2D eigenvalue weighted by atomic mass is 10.1. The standard InChI is InChI=1S/C16H26N4O5S/c1-10(17-15(22)25-16(2,3)4)8-20-7-6-12-11(9-20)13(21)19-14(18-12)26(5,23)24/h10H,6-9H2,1-5H3,(H,17,22)(H,18,19,21). The third kappa shape index (κ3) is 5.53. The smallest absolute Gasteiger partial charge is 0.407 e. The van der Waals surface area contributed by atoms with Gasteiger partial charge < -0.3 is 10.1 Å². The molecule has 0 bridgehead atoms. The number of H-pyrrole nitrogens is 1. The van der Waals surface area contributed by atoms with Crippen LogP contribution in [0.25, 0.3) is 0 Å². The Kier molecular flexibility index (Phi) is 5.76. The number of amides is 1. The topological polar surface area (TPSA) is 121 Å². The second-order valence-electron chi connectivity index (χ2n) is 7.60. The average molecular weight is 386 g/mol. The van der Waals surface area contributed by atoms with Crippen molar-refractivity contribution in [2.24, 2.45) is 0 Å². The van der Waals surface area contributed by atoms with E-state index >= 15 is 0 Å². The maximum absolute atomic E-state index is 12.2. The zero-order valence-corrected chi connectivity index (χ0v) is 16.6. The van der Waals surface area contributed by atoms with Gasteiger partial charge in [-0.25, -0.2) is 18.2 Å². The van der Waals surface area contributed by atoms with Crippen molar-refractivity contribution in [3.8, 4) is 0 Å². The first kappa shape index (κ1) is 20.4. The molecule has 146 valence electrons. The molecule has 2 N–H and O–H groups in total. The summed E-state index contributed by atoms with van der Waals surface area (Å²) in [6, 6.07) is -0.172. The normalized spacial score (nSPS) is 16.7. The SMILES string of the molecule is CC(CN1CCc2nc(S(C)(=O)=O)[nH]c(=O)c2C1)NC(=O)OC(C)(C)C. The van der Waals surface area contributed by atoms with Gasteiger partial charge in [0, 0.05) is 38.4 Å². The Morgan fingerprint density at radius 3 is 2.65 bits per heavy atom. The van der Waals surface area contributed by atoms with E-state index < -0.39 is 27.1 Å². The third-order valence-electron chi connectivity index (χ3n) is 3.77. The van der Waals surface area contributed by atoms with E-state index in [0.717, 1.165) is 6.26 Å². The quantitative estimate of drug-likeness (QED) is 0.720. The second kappa shape index (κ2) is 7.36. The highest BCUT2D eigenvalue weighted by Gasteiger charge is 2.25. The van der Waals surface area contributed by atoms with Crippen molar-refractivity contribution in [2.75, 3.05) is 19.3 Å². The predicted molar refractivity (Wildman–Crippen MR) is 95.8 cm³/mol. The zero-order valence-electron chi connectivity index (χ0n) is 15.7. The number of aromatic nitrogens is 2. The molecule has 10 heteroatoms. The fraction of sp³-hybridized carbons (Fsp3) is 0.688. The van der Waals surface area contributed by atoms with Gasteiger partial charge in [0.15, 0.2) is 0 Å². The van der Waals surface area contributed by atoms with Gasteiger partial charge in [-0.2, -0.15) is 0 Å². The first-order valence-electron chi connectivity index (χ1n) is 8.39. The number of sulfone groups is 1. The van der Waals surface area contributed by atoms with Gasteiger partial charge in [0.2, 0.25) is 15.0 Å². The van der Waals surface area contributed by atoms with Crippen molar-refractivity contribution in [3.63, 3.8) is 0 Å². The van der Waals surface area contributed by atoms with Crippen LogP contribution < -0.4 is 10.9 Å². The van der Waals surface area contributed by atoms with Gasteiger partial charge in [0.25, 0.3) is 5.56 Å². The molecule has 2 rings (SSSR count). The van der Waals surface area contributed by atoms with Crippen molar-refractivity contribution in [1.82, 2.24) is 20.2 Å². The molecule has 1 atom stereocenters. The maximum atomic E-state index is 12.2. The number of nitrogens with zero attached hydrogens (tertiary/aromatic N) is 2. The monoisotopic (exact) mass is 386 g/mol. The number of nitrogens with one attached hydrogen (secondary N) is 2. The van der Waals surface area contributed by atoms with Crippen molar-refractivity contribution >= 4 is 15.9 Å². The van der Waals surface area contributed by atoms with Crippen LogP contribution in [0.4, 0.5) is 4.79 Å². The first-order valence-corrected chi connectivity index (χ1v) is 10.3. The molecule has 1 amide bonds. The Morgan fingerprint density at radius 1 is 1.42 bits per heavy atom. The molecular weight excluding hydrogens is 360 g/mol. The number of carbonyl (C=O) groups is 1. The number of fused-ring (bicyclic) bond motifs is 1. The second-order valence-corrected chi connectivity index (χ2v) is 9.53. The minimum absolute atomic E-state index is 0.172. The Morgan fingerprint density at radius 2 is 2.08 bits per heavy atom. The Bertz CT molecular complexity index is 841. The molecule has 1 aliphatic heterocycles. The fourth-order valence-corrected chi connectivity index (χ4v) is 3.29. The molecule has 0 aliphatic carbocycles. The van der Waals surface area contributed by atoms with Gasteiger partial charge in [-0.15, -0.1) is 0 Å². The van der Waals surface area contributed by atoms with E-state index in [1.165, 1.54) is 0 Å². The number of aromatic amines is 1. The van der Waals surface area contributed by atoms with Gasteiger partial charge in [-0.1, -0.05) is 0 Å². The third-order valence-corrected chi connectivity index (χ3v) is 4.67. The fourth-order valence-electron chi connectivity index (χ4n) is 2.73. The maximum Gasteiger partial charge on any atom is 0.407 e. The molecule has 0 fully saturated rings. The highest BCUT2D eigenvalue weighted by atomic mass is 32.2. The summed E-state index contributed by atoms with van der Waals surface area (Å²) in [5.41, 5.74) is -0.0244. The minimum atomic E-state index is -3.56. The van der Waals surface area contributed by atoms with E-state index in [9.17, 15) is 18.0 Å². The number of ether oxygens (including phenoxy) is 1. The summed E-state index contributed by atoms with van der Waals surface area (Å²) in [5, 5.41) is 2.47. The lowest BCUT2D eigenvalue weighted by Crippen LogP contribution is -2.46. The minimum Gasteiger partial charge on any atom is -0.444 e. The summed E-state index contributed by atoms with van der Waals surface area (Å²) >= 11 is 0. The number of hydrogen-bond acceptors (Lipinski definition) is 7. The van der Waals surface area contributed by atoms with Crippen molar-refractivity contribution in [1.29, 1.82) is 0 Å². The van der Waals surface area contributed by atoms with E-state index in [1.807, 2.05) is 11.8 Å². The van der Waals surface area contributed by atoms with Crippen LogP contribution in [0.5, 0.6) is 0 Å². The molecule has 0 aromatic carbocycles. The van der Waals surface area contributed by atoms with Crippen molar-refractivity contribution < 1.29 is 17.9 Å². The van der Waals surface area contributed by atoms with Crippen LogP contribution in [-0.2, 0) is 27.5 Å². The number of carbonyl (C=O) groups excluding carboxylic acids is 1. The van der Waals surface area contributed by atoms with E-state index in [4.69, 9.17) is 4.74 Å². The summed E-state index contributed by atoms with van der Waals surface area (Å²) in [6.07, 6.45) is 0.998. The van der Waals surface area contributed by atoms with Gasteiger partial charge >= 0.3 is 6.09 Å². The Labute approximate surface area is 153 Å². The average Bonchev–Trinajstić information content (AvgIpc) is 2.44. The van der Waals surface area contributed by atoms with Crippen LogP contribution in [0, 0.1) is 0 Å². The summed E-state index contributed by atoms with van der Waals surface area (Å²) in [7, 11) is -3.56. The number of rotatable bonds is 4. The van der Waals surface area contributed by atoms with Crippen LogP contribution >= 0.6 is 0 Å². The first-order chi connectivity index (χ1) is 11.8. The molecule has 1 aromatic heterocycles. The lowest BCUT2D eigenvalue weighted by molar-refractivity contribution is 0.0495. The van der Waals surface area contributed by atoms with Crippen molar-refractivity contribution in [3.05, 3.63) is 21.6 Å². The van der Waals surface area contributed by atoms with Gasteiger partial charge in [0.05, 0.1) is 11.3 Å². The molecule has 0 saturated carbocycles. The van der Waals surface area contributed by atoms with Gasteiger partial charge in [-0.3, -0.25) is 14.7 Å². The van der Waals surface area contributed by atoms with E-state index in [0.29, 0.717) is 37.3 Å². The molecule has 26 heavy (non-hydrogen) atoms. The molecular formula is C16H26N4O5S. The molecule has 1 unspecified atom stereocenters. The van der Waals surface area contributed by atoms with Crippen LogP contribution in [0.3, 0.4) is 0 Å². The summed E-state index contributed by atoms with van der Waals surface area (Å²) in [4.78, 5) is 32.5. The van der Waals surface area contributed by atoms with Crippen LogP contribution in [0.2, 0.25) is 0 Å². The molecule has 2 heterocycles. The van der Waals surface area contributed by atoms with Gasteiger partial charge in [-0.05, 0) is 27.7 Å². The van der Waals surface area contributed by atoms with E-state index in [2.05, 4.69) is 15.3 Å². The largest absolute Gasteiger partial charge is 0.444 e. The van der Waals surface area contributed by atoms with Gasteiger partial charge in [0.1, 0.15) is 5.60 Å². The summed E-state index contributed by atoms with van der Waals surface area (Å²) < 4.78 is 28.4.